The van der Waals surface area contributed by atoms with E-state index in [0.29, 0.717) is 0 Å². The van der Waals surface area contributed by atoms with Crippen LogP contribution < -0.4 is 16.0 Å². The van der Waals surface area contributed by atoms with Crippen LogP contribution in [0.2, 0.25) is 0 Å². The molecule has 6 atom stereocenters. The van der Waals surface area contributed by atoms with Gasteiger partial charge in [0.15, 0.2) is 17.3 Å². The molecule has 0 aromatic rings. The maximum atomic E-state index is 12.6. The Balaban J connectivity index is 4.48. The first-order valence-corrected chi connectivity index (χ1v) is 14.5. The van der Waals surface area contributed by atoms with Gasteiger partial charge in [0.25, 0.3) is 0 Å². The lowest BCUT2D eigenvalue weighted by Crippen LogP contribution is -2.45. The largest absolute Gasteiger partial charge is 0.481 e. The maximum Gasteiger partial charge on any atom is 0.306 e. The first-order valence-electron chi connectivity index (χ1n) is 14.5. The minimum absolute atomic E-state index is 0.0155. The molecule has 0 fully saturated rings. The number of azide groups is 1. The summed E-state index contributed by atoms with van der Waals surface area (Å²) in [4.78, 5) is 88.0. The van der Waals surface area contributed by atoms with Crippen LogP contribution in [0.1, 0.15) is 67.2 Å². The van der Waals surface area contributed by atoms with Crippen LogP contribution >= 0.6 is 0 Å². The van der Waals surface area contributed by atoms with Gasteiger partial charge in [-0.1, -0.05) is 25.9 Å². The van der Waals surface area contributed by atoms with Crippen LogP contribution in [0.15, 0.2) is 5.11 Å². The summed E-state index contributed by atoms with van der Waals surface area (Å²) in [5.74, 6) is -6.38. The van der Waals surface area contributed by atoms with E-state index in [9.17, 15) is 33.6 Å². The highest BCUT2D eigenvalue weighted by molar-refractivity contribution is 5.96. The zero-order valence-electron chi connectivity index (χ0n) is 26.3. The van der Waals surface area contributed by atoms with Gasteiger partial charge in [-0.3, -0.25) is 33.6 Å². The Bertz CT molecular complexity index is 1060. The molecular formula is C28H46N6O10. The van der Waals surface area contributed by atoms with Crippen molar-refractivity contribution in [1.82, 2.24) is 16.0 Å². The van der Waals surface area contributed by atoms with Crippen LogP contribution in [0.25, 0.3) is 10.4 Å². The average molecular weight is 627 g/mol. The molecule has 0 aliphatic carbocycles. The number of aliphatic carboxylic acids is 1. The Morgan fingerprint density at radius 1 is 0.659 bits per heavy atom. The van der Waals surface area contributed by atoms with Crippen molar-refractivity contribution in [2.45, 2.75) is 85.4 Å². The number of Topliss-reactive ketones (excluding diaryl/α,β-unsaturated/α-hetero) is 3. The minimum atomic E-state index is -1.12. The lowest BCUT2D eigenvalue weighted by Gasteiger charge is -2.20. The molecule has 0 aliphatic rings. The number of carbonyl (C=O) groups excluding carboxylic acids is 6. The van der Waals surface area contributed by atoms with Gasteiger partial charge in [0.1, 0.15) is 0 Å². The van der Waals surface area contributed by atoms with Crippen molar-refractivity contribution in [3.05, 3.63) is 10.4 Å². The zero-order valence-corrected chi connectivity index (χ0v) is 26.3. The van der Waals surface area contributed by atoms with E-state index in [0.717, 1.165) is 0 Å². The molecule has 0 aromatic carbocycles. The third-order valence-electron chi connectivity index (χ3n) is 6.63. The molecule has 0 spiro atoms. The van der Waals surface area contributed by atoms with E-state index in [4.69, 9.17) is 20.1 Å². The van der Waals surface area contributed by atoms with Crippen molar-refractivity contribution < 1.29 is 48.1 Å². The number of carboxylic acid groups (broad SMARTS) is 1. The van der Waals surface area contributed by atoms with E-state index in [1.54, 1.807) is 0 Å². The maximum absolute atomic E-state index is 12.6. The molecule has 248 valence electrons. The van der Waals surface area contributed by atoms with Gasteiger partial charge in [-0.2, -0.15) is 0 Å². The molecule has 4 N–H and O–H groups in total. The number of carboxylic acids is 1. The fourth-order valence-corrected chi connectivity index (χ4v) is 3.61. The number of nitrogens with one attached hydrogen (secondary N) is 3. The minimum Gasteiger partial charge on any atom is -0.481 e. The molecule has 3 amide bonds. The molecule has 0 saturated heterocycles. The summed E-state index contributed by atoms with van der Waals surface area (Å²) in [7, 11) is 0. The summed E-state index contributed by atoms with van der Waals surface area (Å²) in [5.41, 5.74) is 8.16. The Morgan fingerprint density at radius 2 is 1.07 bits per heavy atom. The van der Waals surface area contributed by atoms with E-state index < -0.39 is 71.1 Å². The predicted octanol–water partition coefficient (Wildman–Crippen LogP) is 1.10. The van der Waals surface area contributed by atoms with E-state index in [1.165, 1.54) is 41.5 Å². The quantitative estimate of drug-likeness (QED) is 0.0514. The smallest absolute Gasteiger partial charge is 0.306 e. The summed E-state index contributed by atoms with van der Waals surface area (Å²) in [6.07, 6.45) is -0.622. The molecule has 0 radical (unpaired) electrons. The highest BCUT2D eigenvalue weighted by Crippen LogP contribution is 2.10. The third-order valence-corrected chi connectivity index (χ3v) is 6.63. The van der Waals surface area contributed by atoms with Crippen molar-refractivity contribution in [3.8, 4) is 0 Å². The van der Waals surface area contributed by atoms with Gasteiger partial charge in [-0.25, -0.2) is 0 Å². The second-order valence-corrected chi connectivity index (χ2v) is 10.7. The topological polar surface area (TPSA) is 243 Å². The molecule has 16 nitrogen and oxygen atoms in total. The number of amides is 3. The lowest BCUT2D eigenvalue weighted by molar-refractivity contribution is -0.143. The third kappa shape index (κ3) is 17.3. The fraction of sp³-hybridized carbons (Fsp3) is 0.750. The monoisotopic (exact) mass is 626 g/mol. The normalized spacial score (nSPS) is 14.9. The van der Waals surface area contributed by atoms with E-state index in [2.05, 4.69) is 26.0 Å². The highest BCUT2D eigenvalue weighted by atomic mass is 16.5. The van der Waals surface area contributed by atoms with Gasteiger partial charge in [0.05, 0.1) is 50.5 Å². The van der Waals surface area contributed by atoms with Crippen LogP contribution in [0.5, 0.6) is 0 Å². The second-order valence-electron chi connectivity index (χ2n) is 10.7. The second kappa shape index (κ2) is 21.8. The summed E-state index contributed by atoms with van der Waals surface area (Å²) < 4.78 is 10.4. The average Bonchev–Trinajstić information content (AvgIpc) is 2.95. The number of rotatable bonds is 24. The molecule has 44 heavy (non-hydrogen) atoms. The Hall–Kier alpha value is -3.88. The van der Waals surface area contributed by atoms with E-state index >= 15 is 0 Å². The first-order chi connectivity index (χ1) is 20.6. The van der Waals surface area contributed by atoms with Crippen LogP contribution in [-0.4, -0.2) is 97.2 Å². The van der Waals surface area contributed by atoms with Crippen molar-refractivity contribution in [1.29, 1.82) is 0 Å². The van der Waals surface area contributed by atoms with Gasteiger partial charge in [0, 0.05) is 49.0 Å². The van der Waals surface area contributed by atoms with Crippen molar-refractivity contribution in [2.24, 2.45) is 22.9 Å². The summed E-state index contributed by atoms with van der Waals surface area (Å²) >= 11 is 0. The van der Waals surface area contributed by atoms with E-state index in [1.807, 2.05) is 0 Å². The van der Waals surface area contributed by atoms with Crippen molar-refractivity contribution in [3.63, 3.8) is 0 Å². The molecule has 0 saturated carbocycles. The molecule has 0 aromatic heterocycles. The number of carbonyl (C=O) groups is 7. The Morgan fingerprint density at radius 3 is 1.50 bits per heavy atom. The van der Waals surface area contributed by atoms with Crippen molar-refractivity contribution in [2.75, 3.05) is 33.0 Å². The van der Waals surface area contributed by atoms with Crippen LogP contribution in [0, 0.1) is 17.8 Å². The molecule has 16 heteroatoms. The van der Waals surface area contributed by atoms with Gasteiger partial charge in [-0.05, 0) is 26.3 Å². The summed E-state index contributed by atoms with van der Waals surface area (Å²) in [5, 5.41) is 19.8. The Labute approximate surface area is 257 Å². The van der Waals surface area contributed by atoms with Crippen molar-refractivity contribution >= 4 is 41.0 Å². The fourth-order valence-electron chi connectivity index (χ4n) is 3.61. The first kappa shape index (κ1) is 40.1. The number of ketones is 3. The van der Waals surface area contributed by atoms with Crippen LogP contribution in [0.3, 0.4) is 0 Å². The molecule has 0 heterocycles. The standard InChI is InChI=1S/C28H46N6O10/c1-16(13-22(35)19(4)31-25(38)7-9-43-11-12-44-10-8-30-34-29)26(39)32-20(5)23(36)14-17(2)27(40)33-21(6)24(37)15-18(3)28(41)42/h16-21H,7-15H2,1-6H3,(H,31,38)(H,32,39)(H,33,40)(H,41,42). The highest BCUT2D eigenvalue weighted by Gasteiger charge is 2.28. The van der Waals surface area contributed by atoms with Gasteiger partial charge in [0.2, 0.25) is 17.7 Å². The summed E-state index contributed by atoms with van der Waals surface area (Å²) in [6.45, 7) is 9.90. The molecule has 6 unspecified atom stereocenters. The van der Waals surface area contributed by atoms with Crippen LogP contribution in [-0.2, 0) is 43.0 Å². The number of hydrogen-bond acceptors (Lipinski definition) is 10. The number of hydrogen-bond donors (Lipinski definition) is 4. The molecule has 0 aliphatic heterocycles. The SMILES string of the molecule is CC(CC(=O)C(C)NC(=O)C(C)CC(=O)C(C)NC(=O)C(C)CC(=O)C(C)NC(=O)CCOCCOCCN=[N+]=[N-])C(=O)O. The Kier molecular flexibility index (Phi) is 19.8. The lowest BCUT2D eigenvalue weighted by atomic mass is 9.97. The van der Waals surface area contributed by atoms with Gasteiger partial charge in [-0.15, -0.1) is 0 Å². The van der Waals surface area contributed by atoms with Crippen LogP contribution in [0.4, 0.5) is 0 Å². The van der Waals surface area contributed by atoms with E-state index in [-0.39, 0.29) is 64.4 Å². The molecule has 0 rings (SSSR count). The predicted molar refractivity (Wildman–Crippen MR) is 157 cm³/mol. The molecule has 0 bridgehead atoms. The molecular weight excluding hydrogens is 580 g/mol. The number of nitrogens with zero attached hydrogens (tertiary/aromatic N) is 3. The zero-order chi connectivity index (χ0) is 33.8. The summed E-state index contributed by atoms with van der Waals surface area (Å²) in [6, 6.07) is -2.72. The number of ether oxygens (including phenoxy) is 2. The van der Waals surface area contributed by atoms with Gasteiger partial charge >= 0.3 is 5.97 Å². The van der Waals surface area contributed by atoms with Gasteiger partial charge < -0.3 is 30.5 Å².